The lowest BCUT2D eigenvalue weighted by atomic mass is 9.94. The van der Waals surface area contributed by atoms with E-state index in [4.69, 9.17) is 11.5 Å². The van der Waals surface area contributed by atoms with Crippen LogP contribution in [-0.4, -0.2) is 63.9 Å². The summed E-state index contributed by atoms with van der Waals surface area (Å²) < 4.78 is 0. The van der Waals surface area contributed by atoms with Gasteiger partial charge in [0.1, 0.15) is 18.1 Å². The minimum Gasteiger partial charge on any atom is -0.480 e. The van der Waals surface area contributed by atoms with Gasteiger partial charge in [0, 0.05) is 23.5 Å². The molecular weight excluding hydrogens is 516 g/mol. The first-order valence-electron chi connectivity index (χ1n) is 13.6. The van der Waals surface area contributed by atoms with Gasteiger partial charge in [-0.25, -0.2) is 4.79 Å². The van der Waals surface area contributed by atoms with Gasteiger partial charge in [0.15, 0.2) is 0 Å². The lowest BCUT2D eigenvalue weighted by Crippen LogP contribution is -2.60. The monoisotopic (exact) mass is 558 g/mol. The molecule has 1 heterocycles. The quantitative estimate of drug-likeness (QED) is 0.158. The molecule has 12 nitrogen and oxygen atoms in total. The molecule has 9 N–H and O–H groups in total. The average molecular weight is 559 g/mol. The molecule has 0 aliphatic heterocycles. The summed E-state index contributed by atoms with van der Waals surface area (Å²) in [7, 11) is 0. The van der Waals surface area contributed by atoms with Crippen molar-refractivity contribution in [3.05, 3.63) is 36.0 Å². The highest BCUT2D eigenvalue weighted by molar-refractivity contribution is 5.94. The van der Waals surface area contributed by atoms with Crippen molar-refractivity contribution in [2.24, 2.45) is 23.3 Å². The Morgan fingerprint density at radius 3 is 2.00 bits per heavy atom. The van der Waals surface area contributed by atoms with Crippen LogP contribution in [0.3, 0.4) is 0 Å². The Labute approximate surface area is 234 Å². The van der Waals surface area contributed by atoms with E-state index in [-0.39, 0.29) is 31.1 Å². The second-order valence-electron chi connectivity index (χ2n) is 10.3. The number of hydrogen-bond donors (Lipinski definition) is 7. The normalized spacial score (nSPS) is 15.7. The molecular formula is C28H42N6O6. The van der Waals surface area contributed by atoms with E-state index in [0.29, 0.717) is 12.8 Å². The van der Waals surface area contributed by atoms with E-state index in [0.717, 1.165) is 16.5 Å². The van der Waals surface area contributed by atoms with Crippen LogP contribution >= 0.6 is 0 Å². The summed E-state index contributed by atoms with van der Waals surface area (Å²) in [4.78, 5) is 65.5. The van der Waals surface area contributed by atoms with Gasteiger partial charge < -0.3 is 37.5 Å². The lowest BCUT2D eigenvalue weighted by Gasteiger charge is -2.30. The Hall–Kier alpha value is -3.93. The van der Waals surface area contributed by atoms with Crippen molar-refractivity contribution >= 4 is 40.5 Å². The van der Waals surface area contributed by atoms with E-state index in [2.05, 4.69) is 20.9 Å². The van der Waals surface area contributed by atoms with Gasteiger partial charge in [0.2, 0.25) is 23.6 Å². The highest BCUT2D eigenvalue weighted by Gasteiger charge is 2.34. The smallest absolute Gasteiger partial charge is 0.326 e. The van der Waals surface area contributed by atoms with Gasteiger partial charge in [0.05, 0.1) is 6.04 Å². The maximum Gasteiger partial charge on any atom is 0.326 e. The van der Waals surface area contributed by atoms with Crippen LogP contribution < -0.4 is 27.4 Å². The van der Waals surface area contributed by atoms with Gasteiger partial charge in [-0.05, 0) is 36.3 Å². The summed E-state index contributed by atoms with van der Waals surface area (Å²) >= 11 is 0. The number of aliphatic carboxylic acids is 1. The van der Waals surface area contributed by atoms with Crippen LogP contribution in [0.15, 0.2) is 30.5 Å². The van der Waals surface area contributed by atoms with Crippen molar-refractivity contribution in [1.82, 2.24) is 20.9 Å². The molecule has 0 saturated carbocycles. The van der Waals surface area contributed by atoms with Gasteiger partial charge in [0.25, 0.3) is 0 Å². The topological polar surface area (TPSA) is 209 Å². The van der Waals surface area contributed by atoms with Crippen LogP contribution in [-0.2, 0) is 30.4 Å². The van der Waals surface area contributed by atoms with E-state index >= 15 is 0 Å². The SMILES string of the molecule is CCC(C)C(NC(=O)C(N)Cc1c[nH]c2ccccc12)C(=O)NC(C(=O)NC(CCC(N)=O)C(=O)O)C(C)CC. The summed E-state index contributed by atoms with van der Waals surface area (Å²) in [6, 6.07) is 3.34. The number of H-pyrrole nitrogens is 1. The second kappa shape index (κ2) is 15.0. The number of carboxylic acid groups (broad SMARTS) is 1. The van der Waals surface area contributed by atoms with Crippen LogP contribution in [0.2, 0.25) is 0 Å². The molecule has 6 unspecified atom stereocenters. The molecule has 0 radical (unpaired) electrons. The molecule has 40 heavy (non-hydrogen) atoms. The van der Waals surface area contributed by atoms with E-state index in [1.165, 1.54) is 0 Å². The third-order valence-corrected chi connectivity index (χ3v) is 7.33. The summed E-state index contributed by atoms with van der Waals surface area (Å²) in [6.45, 7) is 7.25. The van der Waals surface area contributed by atoms with E-state index in [1.54, 1.807) is 20.0 Å². The third kappa shape index (κ3) is 8.80. The number of amides is 4. The second-order valence-corrected chi connectivity index (χ2v) is 10.3. The number of para-hydroxylation sites is 1. The fourth-order valence-electron chi connectivity index (χ4n) is 4.34. The minimum atomic E-state index is -1.35. The molecule has 1 aromatic carbocycles. The molecule has 0 bridgehead atoms. The fraction of sp³-hybridized carbons (Fsp3) is 0.536. The number of carboxylic acids is 1. The van der Waals surface area contributed by atoms with Crippen LogP contribution in [0.5, 0.6) is 0 Å². The Balaban J connectivity index is 2.15. The zero-order valence-corrected chi connectivity index (χ0v) is 23.5. The van der Waals surface area contributed by atoms with Gasteiger partial charge in [-0.3, -0.25) is 19.2 Å². The molecule has 2 aromatic rings. The van der Waals surface area contributed by atoms with E-state index < -0.39 is 53.8 Å². The van der Waals surface area contributed by atoms with E-state index in [9.17, 15) is 29.1 Å². The highest BCUT2D eigenvalue weighted by atomic mass is 16.4. The van der Waals surface area contributed by atoms with Crippen molar-refractivity contribution in [2.45, 2.75) is 84.0 Å². The maximum absolute atomic E-state index is 13.4. The number of carbonyl (C=O) groups excluding carboxylic acids is 4. The molecule has 0 spiro atoms. The summed E-state index contributed by atoms with van der Waals surface area (Å²) in [6.07, 6.45) is 2.72. The molecule has 220 valence electrons. The molecule has 1 aromatic heterocycles. The molecule has 0 saturated heterocycles. The number of aromatic nitrogens is 1. The number of aromatic amines is 1. The lowest BCUT2D eigenvalue weighted by molar-refractivity contribution is -0.143. The number of nitrogens with two attached hydrogens (primary N) is 2. The van der Waals surface area contributed by atoms with Crippen LogP contribution in [0.1, 0.15) is 58.9 Å². The average Bonchev–Trinajstić information content (AvgIpc) is 3.33. The van der Waals surface area contributed by atoms with Crippen molar-refractivity contribution < 1.29 is 29.1 Å². The Bertz CT molecular complexity index is 1200. The predicted molar refractivity (Wildman–Crippen MR) is 151 cm³/mol. The summed E-state index contributed by atoms with van der Waals surface area (Å²) in [5.41, 5.74) is 13.2. The third-order valence-electron chi connectivity index (χ3n) is 7.33. The van der Waals surface area contributed by atoms with Crippen LogP contribution in [0.25, 0.3) is 10.9 Å². The van der Waals surface area contributed by atoms with Crippen molar-refractivity contribution in [3.63, 3.8) is 0 Å². The Morgan fingerprint density at radius 1 is 0.900 bits per heavy atom. The number of carbonyl (C=O) groups is 5. The summed E-state index contributed by atoms with van der Waals surface area (Å²) in [5, 5.41) is 18.3. The minimum absolute atomic E-state index is 0.183. The first-order valence-corrected chi connectivity index (χ1v) is 13.6. The van der Waals surface area contributed by atoms with E-state index in [1.807, 2.05) is 38.1 Å². The number of primary amides is 1. The Kier molecular flexibility index (Phi) is 12.1. The first kappa shape index (κ1) is 32.3. The molecule has 12 heteroatoms. The Morgan fingerprint density at radius 2 is 1.45 bits per heavy atom. The predicted octanol–water partition coefficient (Wildman–Crippen LogP) is 0.934. The molecule has 6 atom stereocenters. The molecule has 0 fully saturated rings. The van der Waals surface area contributed by atoms with Crippen molar-refractivity contribution in [1.29, 1.82) is 0 Å². The molecule has 2 rings (SSSR count). The molecule has 4 amide bonds. The molecule has 0 aliphatic rings. The zero-order valence-electron chi connectivity index (χ0n) is 23.5. The van der Waals surface area contributed by atoms with Gasteiger partial charge in [-0.15, -0.1) is 0 Å². The zero-order chi connectivity index (χ0) is 30.0. The van der Waals surface area contributed by atoms with Gasteiger partial charge in [-0.1, -0.05) is 58.7 Å². The van der Waals surface area contributed by atoms with Crippen LogP contribution in [0, 0.1) is 11.8 Å². The van der Waals surface area contributed by atoms with Gasteiger partial charge >= 0.3 is 5.97 Å². The fourth-order valence-corrected chi connectivity index (χ4v) is 4.34. The number of rotatable bonds is 16. The van der Waals surface area contributed by atoms with Crippen molar-refractivity contribution in [2.75, 3.05) is 0 Å². The standard InChI is InChI=1S/C28H42N6O6/c1-5-15(3)23(26(37)32-21(28(39)40)11-12-22(30)35)34-27(38)24(16(4)6-2)33-25(36)19(29)13-17-14-31-20-10-8-7-9-18(17)20/h7-10,14-16,19,21,23-24,31H,5-6,11-13,29H2,1-4H3,(H2,30,35)(H,32,37)(H,33,36)(H,34,38)(H,39,40). The highest BCUT2D eigenvalue weighted by Crippen LogP contribution is 2.19. The van der Waals surface area contributed by atoms with Crippen molar-refractivity contribution in [3.8, 4) is 0 Å². The maximum atomic E-state index is 13.4. The van der Waals surface area contributed by atoms with Crippen LogP contribution in [0.4, 0.5) is 0 Å². The largest absolute Gasteiger partial charge is 0.480 e. The number of nitrogens with one attached hydrogen (secondary N) is 4. The number of benzene rings is 1. The first-order chi connectivity index (χ1) is 18.9. The summed E-state index contributed by atoms with van der Waals surface area (Å²) in [5.74, 6) is -4.44. The molecule has 0 aliphatic carbocycles. The number of fused-ring (bicyclic) bond motifs is 1. The van der Waals surface area contributed by atoms with Gasteiger partial charge in [-0.2, -0.15) is 0 Å². The number of hydrogen-bond acceptors (Lipinski definition) is 6.